The summed E-state index contributed by atoms with van der Waals surface area (Å²) >= 11 is 0. The largest absolute Gasteiger partial charge is 0.454 e. The van der Waals surface area contributed by atoms with Gasteiger partial charge in [-0.15, -0.1) is 0 Å². The Labute approximate surface area is 147 Å². The zero-order valence-electron chi connectivity index (χ0n) is 14.8. The summed E-state index contributed by atoms with van der Waals surface area (Å²) in [6, 6.07) is 7.70. The number of benzene rings is 1. The fraction of sp³-hybridized carbons (Fsp3) is 0.500. The number of likely N-dealkylation sites (N-methyl/N-ethyl adjacent to an activating group) is 1. The lowest BCUT2D eigenvalue weighted by molar-refractivity contribution is -0.151. The summed E-state index contributed by atoms with van der Waals surface area (Å²) in [5.74, 6) is -0.858. The van der Waals surface area contributed by atoms with Crippen LogP contribution in [0.2, 0.25) is 0 Å². The number of nitrogens with zero attached hydrogens (tertiary/aromatic N) is 2. The van der Waals surface area contributed by atoms with Crippen molar-refractivity contribution in [2.24, 2.45) is 0 Å². The van der Waals surface area contributed by atoms with E-state index in [2.05, 4.69) is 11.4 Å². The third kappa shape index (κ3) is 5.20. The number of carbonyl (C=O) groups excluding carboxylic acids is 3. The summed E-state index contributed by atoms with van der Waals surface area (Å²) < 4.78 is 4.92. The van der Waals surface area contributed by atoms with Crippen molar-refractivity contribution in [1.29, 1.82) is 0 Å². The number of ether oxygens (including phenoxy) is 1. The molecular formula is C18H25N3O4. The molecule has 0 unspecified atom stereocenters. The highest BCUT2D eigenvalue weighted by Gasteiger charge is 2.21. The predicted molar refractivity (Wildman–Crippen MR) is 92.8 cm³/mol. The summed E-state index contributed by atoms with van der Waals surface area (Å²) in [5.41, 5.74) is 2.37. The van der Waals surface area contributed by atoms with Gasteiger partial charge >= 0.3 is 12.0 Å². The van der Waals surface area contributed by atoms with Crippen LogP contribution in [-0.4, -0.2) is 60.5 Å². The molecule has 1 aromatic carbocycles. The molecule has 1 aromatic rings. The minimum atomic E-state index is -0.619. The molecule has 7 heteroatoms. The van der Waals surface area contributed by atoms with E-state index < -0.39 is 5.97 Å². The molecule has 0 atom stereocenters. The lowest BCUT2D eigenvalue weighted by Crippen LogP contribution is -2.44. The fourth-order valence-electron chi connectivity index (χ4n) is 2.79. The standard InChI is InChI=1S/C18H25N3O4/c1-3-20(4-2)16(22)13-25-17(23)11-19-18(24)21-10-9-14-7-5-6-8-15(14)12-21/h5-8H,3-4,9-13H2,1-2H3,(H,19,24). The smallest absolute Gasteiger partial charge is 0.325 e. The molecule has 2 rings (SSSR count). The van der Waals surface area contributed by atoms with Crippen LogP contribution in [0.15, 0.2) is 24.3 Å². The summed E-state index contributed by atoms with van der Waals surface area (Å²) in [4.78, 5) is 38.9. The number of hydrogen-bond donors (Lipinski definition) is 1. The van der Waals surface area contributed by atoms with Gasteiger partial charge in [0.15, 0.2) is 6.61 Å². The van der Waals surface area contributed by atoms with Crippen molar-refractivity contribution in [3.63, 3.8) is 0 Å². The van der Waals surface area contributed by atoms with Crippen LogP contribution in [-0.2, 0) is 27.3 Å². The monoisotopic (exact) mass is 347 g/mol. The van der Waals surface area contributed by atoms with Crippen molar-refractivity contribution in [3.8, 4) is 0 Å². The van der Waals surface area contributed by atoms with E-state index in [1.807, 2.05) is 32.0 Å². The molecule has 0 bridgehead atoms. The third-order valence-electron chi connectivity index (χ3n) is 4.27. The van der Waals surface area contributed by atoms with Gasteiger partial charge in [0.2, 0.25) is 0 Å². The Bertz CT molecular complexity index is 629. The maximum absolute atomic E-state index is 12.2. The molecule has 136 valence electrons. The molecule has 0 fully saturated rings. The van der Waals surface area contributed by atoms with E-state index >= 15 is 0 Å². The highest BCUT2D eigenvalue weighted by atomic mass is 16.5. The molecule has 1 aliphatic rings. The topological polar surface area (TPSA) is 79.0 Å². The van der Waals surface area contributed by atoms with Crippen molar-refractivity contribution in [3.05, 3.63) is 35.4 Å². The Balaban J connectivity index is 1.73. The molecule has 1 aliphatic heterocycles. The lowest BCUT2D eigenvalue weighted by Gasteiger charge is -2.28. The Morgan fingerprint density at radius 3 is 2.52 bits per heavy atom. The SMILES string of the molecule is CCN(CC)C(=O)COC(=O)CNC(=O)N1CCc2ccccc2C1. The van der Waals surface area contributed by atoms with Crippen LogP contribution in [0.3, 0.4) is 0 Å². The molecule has 1 heterocycles. The van der Waals surface area contributed by atoms with Gasteiger partial charge in [-0.3, -0.25) is 9.59 Å². The second-order valence-corrected chi connectivity index (χ2v) is 5.83. The molecular weight excluding hydrogens is 322 g/mol. The first-order valence-electron chi connectivity index (χ1n) is 8.58. The van der Waals surface area contributed by atoms with Gasteiger partial charge in [-0.05, 0) is 31.4 Å². The van der Waals surface area contributed by atoms with E-state index in [0.717, 1.165) is 12.0 Å². The number of esters is 1. The van der Waals surface area contributed by atoms with E-state index in [1.54, 1.807) is 9.80 Å². The first-order valence-corrected chi connectivity index (χ1v) is 8.58. The summed E-state index contributed by atoms with van der Waals surface area (Å²) in [6.07, 6.45) is 0.798. The van der Waals surface area contributed by atoms with E-state index in [0.29, 0.717) is 26.2 Å². The first-order chi connectivity index (χ1) is 12.0. The summed E-state index contributed by atoms with van der Waals surface area (Å²) in [5, 5.41) is 2.55. The van der Waals surface area contributed by atoms with Crippen LogP contribution in [0.1, 0.15) is 25.0 Å². The minimum absolute atomic E-state index is 0.239. The molecule has 25 heavy (non-hydrogen) atoms. The lowest BCUT2D eigenvalue weighted by atomic mass is 10.0. The molecule has 0 aliphatic carbocycles. The van der Waals surface area contributed by atoms with Gasteiger partial charge in [0.05, 0.1) is 0 Å². The van der Waals surface area contributed by atoms with Gasteiger partial charge < -0.3 is 19.9 Å². The van der Waals surface area contributed by atoms with Crippen LogP contribution < -0.4 is 5.32 Å². The van der Waals surface area contributed by atoms with Crippen molar-refractivity contribution >= 4 is 17.9 Å². The normalized spacial score (nSPS) is 13.0. The first kappa shape index (κ1) is 18.8. The average Bonchev–Trinajstić information content (AvgIpc) is 2.65. The fourth-order valence-corrected chi connectivity index (χ4v) is 2.79. The Morgan fingerprint density at radius 2 is 1.84 bits per heavy atom. The Hall–Kier alpha value is -2.57. The van der Waals surface area contributed by atoms with Crippen molar-refractivity contribution in [2.75, 3.05) is 32.8 Å². The van der Waals surface area contributed by atoms with E-state index in [-0.39, 0.29) is 25.1 Å². The van der Waals surface area contributed by atoms with Gasteiger partial charge in [0.1, 0.15) is 6.54 Å². The van der Waals surface area contributed by atoms with Gasteiger partial charge in [0.25, 0.3) is 5.91 Å². The zero-order valence-corrected chi connectivity index (χ0v) is 14.8. The number of hydrogen-bond acceptors (Lipinski definition) is 4. The van der Waals surface area contributed by atoms with Crippen LogP contribution in [0, 0.1) is 0 Å². The van der Waals surface area contributed by atoms with E-state index in [9.17, 15) is 14.4 Å². The molecule has 1 N–H and O–H groups in total. The highest BCUT2D eigenvalue weighted by molar-refractivity contribution is 5.83. The predicted octanol–water partition coefficient (Wildman–Crippen LogP) is 1.17. The number of fused-ring (bicyclic) bond motifs is 1. The van der Waals surface area contributed by atoms with Crippen molar-refractivity contribution in [2.45, 2.75) is 26.8 Å². The molecule has 7 nitrogen and oxygen atoms in total. The average molecular weight is 347 g/mol. The van der Waals surface area contributed by atoms with Crippen LogP contribution in [0.25, 0.3) is 0 Å². The van der Waals surface area contributed by atoms with Crippen LogP contribution >= 0.6 is 0 Å². The molecule has 0 spiro atoms. The van der Waals surface area contributed by atoms with Crippen molar-refractivity contribution < 1.29 is 19.1 Å². The maximum Gasteiger partial charge on any atom is 0.325 e. The van der Waals surface area contributed by atoms with Gasteiger partial charge in [-0.1, -0.05) is 24.3 Å². The summed E-state index contributed by atoms with van der Waals surface area (Å²) in [6.45, 7) is 5.45. The third-order valence-corrected chi connectivity index (χ3v) is 4.27. The number of amides is 3. The van der Waals surface area contributed by atoms with E-state index in [4.69, 9.17) is 4.74 Å². The second-order valence-electron chi connectivity index (χ2n) is 5.83. The number of carbonyl (C=O) groups is 3. The zero-order chi connectivity index (χ0) is 18.2. The van der Waals surface area contributed by atoms with Gasteiger partial charge in [0, 0.05) is 26.2 Å². The van der Waals surface area contributed by atoms with E-state index in [1.165, 1.54) is 5.56 Å². The van der Waals surface area contributed by atoms with Crippen molar-refractivity contribution in [1.82, 2.24) is 15.1 Å². The van der Waals surface area contributed by atoms with Crippen LogP contribution in [0.4, 0.5) is 4.79 Å². The Morgan fingerprint density at radius 1 is 1.16 bits per heavy atom. The second kappa shape index (κ2) is 9.05. The molecule has 0 radical (unpaired) electrons. The highest BCUT2D eigenvalue weighted by Crippen LogP contribution is 2.18. The molecule has 0 aromatic heterocycles. The maximum atomic E-state index is 12.2. The molecule has 0 saturated heterocycles. The molecule has 0 saturated carbocycles. The molecule has 3 amide bonds. The van der Waals surface area contributed by atoms with Crippen LogP contribution in [0.5, 0.6) is 0 Å². The number of urea groups is 1. The van der Waals surface area contributed by atoms with Gasteiger partial charge in [-0.2, -0.15) is 0 Å². The number of rotatable bonds is 6. The Kier molecular flexibility index (Phi) is 6.80. The number of nitrogens with one attached hydrogen (secondary N) is 1. The summed E-state index contributed by atoms with van der Waals surface area (Å²) in [7, 11) is 0. The minimum Gasteiger partial charge on any atom is -0.454 e. The van der Waals surface area contributed by atoms with Gasteiger partial charge in [-0.25, -0.2) is 4.79 Å². The quantitative estimate of drug-likeness (QED) is 0.784.